The van der Waals surface area contributed by atoms with E-state index in [0.717, 1.165) is 0 Å². The molecule has 0 aliphatic heterocycles. The van der Waals surface area contributed by atoms with Crippen LogP contribution in [0.3, 0.4) is 0 Å². The summed E-state index contributed by atoms with van der Waals surface area (Å²) in [4.78, 5) is 0. The van der Waals surface area contributed by atoms with Crippen molar-refractivity contribution in [2.75, 3.05) is 0 Å². The van der Waals surface area contributed by atoms with E-state index in [-0.39, 0.29) is 15.6 Å². The van der Waals surface area contributed by atoms with Crippen molar-refractivity contribution in [1.29, 1.82) is 5.26 Å². The molecule has 2 aromatic rings. The molecule has 0 bridgehead atoms. The third-order valence-electron chi connectivity index (χ3n) is 3.52. The molecule has 0 saturated heterocycles. The van der Waals surface area contributed by atoms with E-state index in [1.165, 1.54) is 10.2 Å². The van der Waals surface area contributed by atoms with Gasteiger partial charge in [-0.15, -0.1) is 0 Å². The Balaban J connectivity index is 2.57. The number of nitriles is 1. The Morgan fingerprint density at radius 2 is 1.74 bits per heavy atom. The van der Waals surface area contributed by atoms with Gasteiger partial charge in [0.15, 0.2) is 5.15 Å². The first-order valence-electron chi connectivity index (χ1n) is 6.96. The molecule has 0 saturated carbocycles. The van der Waals surface area contributed by atoms with Crippen LogP contribution in [0.25, 0.3) is 10.6 Å². The van der Waals surface area contributed by atoms with Crippen LogP contribution in [-0.4, -0.2) is 9.78 Å². The zero-order valence-electron chi connectivity index (χ0n) is 13.3. The van der Waals surface area contributed by atoms with Crippen LogP contribution in [0.15, 0.2) is 24.3 Å². The van der Waals surface area contributed by atoms with E-state index in [1.807, 2.05) is 24.3 Å². The number of hydrogen-bond acceptors (Lipinski definition) is 2. The van der Waals surface area contributed by atoms with Gasteiger partial charge in [-0.25, -0.2) is 0 Å². The number of benzene rings is 1. The Kier molecular flexibility index (Phi) is 5.10. The fraction of sp³-hybridized carbons (Fsp3) is 0.294. The summed E-state index contributed by atoms with van der Waals surface area (Å²) in [5.74, 6) is 0. The van der Waals surface area contributed by atoms with Crippen molar-refractivity contribution in [1.82, 2.24) is 9.78 Å². The van der Waals surface area contributed by atoms with Gasteiger partial charge < -0.3 is 0 Å². The molecule has 1 aromatic carbocycles. The zero-order valence-corrected chi connectivity index (χ0v) is 15.6. The van der Waals surface area contributed by atoms with Gasteiger partial charge in [-0.05, 0) is 16.5 Å². The molecule has 6 heteroatoms. The molecule has 23 heavy (non-hydrogen) atoms. The molecule has 1 aromatic heterocycles. The van der Waals surface area contributed by atoms with Crippen LogP contribution in [0.5, 0.6) is 0 Å². The second-order valence-electron chi connectivity index (χ2n) is 6.21. The average molecular weight is 369 g/mol. The lowest BCUT2D eigenvalue weighted by molar-refractivity contribution is 0.590. The fourth-order valence-electron chi connectivity index (χ4n) is 2.16. The summed E-state index contributed by atoms with van der Waals surface area (Å²) in [5, 5.41) is 14.2. The summed E-state index contributed by atoms with van der Waals surface area (Å²) in [6.45, 7) is 6.39. The summed E-state index contributed by atoms with van der Waals surface area (Å²) in [5.41, 5.74) is 2.60. The lowest BCUT2D eigenvalue weighted by atomic mass is 9.86. The summed E-state index contributed by atoms with van der Waals surface area (Å²) < 4.78 is 1.42. The minimum absolute atomic E-state index is 0.0365. The summed E-state index contributed by atoms with van der Waals surface area (Å²) >= 11 is 18.6. The molecule has 0 aliphatic carbocycles. The minimum Gasteiger partial charge on any atom is -0.255 e. The smallest absolute Gasteiger partial charge is 0.161 e. The van der Waals surface area contributed by atoms with E-state index >= 15 is 0 Å². The van der Waals surface area contributed by atoms with Crippen molar-refractivity contribution in [3.63, 3.8) is 0 Å². The average Bonchev–Trinajstić information content (AvgIpc) is 2.72. The van der Waals surface area contributed by atoms with E-state index in [2.05, 4.69) is 31.9 Å². The predicted molar refractivity (Wildman–Crippen MR) is 96.7 cm³/mol. The van der Waals surface area contributed by atoms with Crippen molar-refractivity contribution in [3.8, 4) is 6.07 Å². The second-order valence-corrected chi connectivity index (χ2v) is 7.30. The molecular weight excluding hydrogens is 353 g/mol. The molecule has 0 fully saturated rings. The topological polar surface area (TPSA) is 41.6 Å². The van der Waals surface area contributed by atoms with Crippen molar-refractivity contribution >= 4 is 45.4 Å². The number of aryl methyl sites for hydroxylation is 1. The third kappa shape index (κ3) is 3.55. The number of halogens is 3. The highest BCUT2D eigenvalue weighted by Gasteiger charge is 2.21. The first-order valence-corrected chi connectivity index (χ1v) is 8.09. The lowest BCUT2D eigenvalue weighted by Crippen LogP contribution is -2.10. The maximum Gasteiger partial charge on any atom is 0.161 e. The zero-order chi connectivity index (χ0) is 17.4. The summed E-state index contributed by atoms with van der Waals surface area (Å²) in [6, 6.07) is 9.86. The highest BCUT2D eigenvalue weighted by Crippen LogP contribution is 2.37. The van der Waals surface area contributed by atoms with Crippen molar-refractivity contribution in [3.05, 3.63) is 51.3 Å². The van der Waals surface area contributed by atoms with Crippen LogP contribution in [-0.2, 0) is 12.5 Å². The monoisotopic (exact) mass is 367 g/mol. The van der Waals surface area contributed by atoms with Crippen molar-refractivity contribution in [2.24, 2.45) is 7.05 Å². The third-order valence-corrected chi connectivity index (χ3v) is 4.60. The maximum atomic E-state index is 9.52. The molecule has 1 heterocycles. The Morgan fingerprint density at radius 3 is 2.13 bits per heavy atom. The van der Waals surface area contributed by atoms with Gasteiger partial charge in [-0.3, -0.25) is 4.68 Å². The van der Waals surface area contributed by atoms with Gasteiger partial charge in [0.2, 0.25) is 0 Å². The van der Waals surface area contributed by atoms with Crippen molar-refractivity contribution in [2.45, 2.75) is 26.2 Å². The van der Waals surface area contributed by atoms with Crippen LogP contribution in [0.4, 0.5) is 0 Å². The summed E-state index contributed by atoms with van der Waals surface area (Å²) in [6.07, 6.45) is 0. The number of allylic oxidation sites excluding steroid dienone is 1. The van der Waals surface area contributed by atoms with Crippen LogP contribution in [0.2, 0.25) is 10.3 Å². The van der Waals surface area contributed by atoms with E-state index in [1.54, 1.807) is 7.05 Å². The minimum atomic E-state index is 0.0365. The van der Waals surface area contributed by atoms with E-state index in [0.29, 0.717) is 21.9 Å². The van der Waals surface area contributed by atoms with Gasteiger partial charge in [-0.2, -0.15) is 10.4 Å². The number of rotatable bonds is 2. The molecular formula is C17H16Cl3N3. The highest BCUT2D eigenvalue weighted by molar-refractivity contribution is 6.56. The number of nitrogens with zero attached hydrogens (tertiary/aromatic N) is 3. The standard InChI is InChI=1S/C17H16Cl3N3/c1-17(2,3)11-7-5-10(6-8-11)12(9-21)14(18)13-15(19)22-23(4)16(13)20/h5-8H,1-4H3. The van der Waals surface area contributed by atoms with Gasteiger partial charge in [0, 0.05) is 7.05 Å². The fourth-order valence-corrected chi connectivity index (χ4v) is 3.15. The lowest BCUT2D eigenvalue weighted by Gasteiger charge is -2.19. The maximum absolute atomic E-state index is 9.52. The molecule has 0 radical (unpaired) electrons. The first kappa shape index (κ1) is 17.9. The quantitative estimate of drug-likeness (QED) is 0.642. The molecule has 120 valence electrons. The molecule has 0 unspecified atom stereocenters. The van der Waals surface area contributed by atoms with Crippen LogP contribution in [0, 0.1) is 11.3 Å². The molecule has 3 nitrogen and oxygen atoms in total. The van der Waals surface area contributed by atoms with Crippen LogP contribution in [0.1, 0.15) is 37.5 Å². The van der Waals surface area contributed by atoms with Gasteiger partial charge in [0.25, 0.3) is 0 Å². The largest absolute Gasteiger partial charge is 0.255 e. The van der Waals surface area contributed by atoms with Gasteiger partial charge in [0.05, 0.1) is 16.2 Å². The van der Waals surface area contributed by atoms with E-state index in [4.69, 9.17) is 34.8 Å². The van der Waals surface area contributed by atoms with Gasteiger partial charge in [-0.1, -0.05) is 79.8 Å². The summed E-state index contributed by atoms with van der Waals surface area (Å²) in [7, 11) is 1.66. The normalized spacial score (nSPS) is 12.8. The van der Waals surface area contributed by atoms with Crippen LogP contribution < -0.4 is 0 Å². The van der Waals surface area contributed by atoms with Crippen LogP contribution >= 0.6 is 34.8 Å². The van der Waals surface area contributed by atoms with E-state index in [9.17, 15) is 5.26 Å². The Hall–Kier alpha value is -1.47. The number of aromatic nitrogens is 2. The Labute approximate surface area is 151 Å². The van der Waals surface area contributed by atoms with Crippen molar-refractivity contribution < 1.29 is 0 Å². The van der Waals surface area contributed by atoms with Gasteiger partial charge in [0.1, 0.15) is 11.2 Å². The first-order chi connectivity index (χ1) is 10.7. The molecule has 2 rings (SSSR count). The second kappa shape index (κ2) is 6.57. The molecule has 0 spiro atoms. The Morgan fingerprint density at radius 1 is 1.17 bits per heavy atom. The highest BCUT2D eigenvalue weighted by atomic mass is 35.5. The SMILES string of the molecule is Cn1nc(Cl)c(C(Cl)=C(C#N)c2ccc(C(C)(C)C)cc2)c1Cl. The molecule has 0 N–H and O–H groups in total. The molecule has 0 atom stereocenters. The van der Waals surface area contributed by atoms with Gasteiger partial charge >= 0.3 is 0 Å². The molecule has 0 amide bonds. The predicted octanol–water partition coefficient (Wildman–Crippen LogP) is 5.66. The number of hydrogen-bond donors (Lipinski definition) is 0. The Bertz CT molecular complexity index is 803. The molecule has 0 aliphatic rings. The van der Waals surface area contributed by atoms with E-state index < -0.39 is 0 Å².